The number of hydrogen-bond acceptors (Lipinski definition) is 5. The first-order valence-electron chi connectivity index (χ1n) is 20.2. The molecule has 0 bridgehead atoms. The molecule has 3 heterocycles. The van der Waals surface area contributed by atoms with Gasteiger partial charge in [-0.05, 0) is 71.2 Å². The second-order valence-corrected chi connectivity index (χ2v) is 17.5. The van der Waals surface area contributed by atoms with Crippen molar-refractivity contribution in [2.45, 2.75) is 66.2 Å². The molecule has 0 fully saturated rings. The normalized spacial score (nSPS) is 11.9. The van der Waals surface area contributed by atoms with Crippen molar-refractivity contribution < 1.29 is 30.6 Å². The van der Waals surface area contributed by atoms with Crippen LogP contribution in [0.4, 0.5) is 0 Å². The van der Waals surface area contributed by atoms with E-state index in [1.54, 1.807) is 6.20 Å². The van der Waals surface area contributed by atoms with Crippen LogP contribution in [0.25, 0.3) is 84.2 Å². The first-order valence-corrected chi connectivity index (χ1v) is 20.2. The van der Waals surface area contributed by atoms with Crippen LogP contribution < -0.4 is 0 Å². The number of imidazole rings is 1. The van der Waals surface area contributed by atoms with Crippen LogP contribution in [0.1, 0.15) is 63.8 Å². The summed E-state index contributed by atoms with van der Waals surface area (Å²) in [5, 5.41) is 12.3. The number of phenolic OH excluding ortho intramolecular Hbond substituents is 1. The maximum atomic E-state index is 12.3. The zero-order valence-electron chi connectivity index (χ0n) is 35.2. The average molecular weight is 967 g/mol. The second-order valence-electron chi connectivity index (χ2n) is 17.5. The summed E-state index contributed by atoms with van der Waals surface area (Å²) in [6.45, 7) is 17.2. The van der Waals surface area contributed by atoms with Crippen molar-refractivity contribution >= 4 is 22.1 Å². The second kappa shape index (κ2) is 15.5. The SMILES string of the molecule is Cc1cccc(C)c1-c1nc2cc(-c3[c-]c(-c4cccc5c4nc(-c4cc(C(C)(C)C)cc(C(C)(C)C)c4O)n5-c4ccccc4-c4ccccc4)ccc3)ncc2o1.[Pt]. The molecule has 0 spiro atoms. The van der Waals surface area contributed by atoms with Crippen LogP contribution in [0.5, 0.6) is 5.75 Å². The molecule has 6 aromatic carbocycles. The molecule has 0 atom stereocenters. The van der Waals surface area contributed by atoms with Gasteiger partial charge in [-0.15, -0.1) is 29.8 Å². The maximum absolute atomic E-state index is 12.3. The number of aryl methyl sites for hydroxylation is 2. The molecule has 0 unspecified atom stereocenters. The molecule has 9 aromatic rings. The molecule has 6 nitrogen and oxygen atoms in total. The maximum Gasteiger partial charge on any atom is 0.227 e. The van der Waals surface area contributed by atoms with Gasteiger partial charge in [0, 0.05) is 43.4 Å². The van der Waals surface area contributed by atoms with E-state index >= 15 is 0 Å². The molecule has 0 radical (unpaired) electrons. The van der Waals surface area contributed by atoms with Crippen LogP contribution in [0.2, 0.25) is 0 Å². The summed E-state index contributed by atoms with van der Waals surface area (Å²) in [5.74, 6) is 1.50. The smallest absolute Gasteiger partial charge is 0.227 e. The summed E-state index contributed by atoms with van der Waals surface area (Å²) in [6.07, 6.45) is 1.75. The number of fused-ring (bicyclic) bond motifs is 2. The van der Waals surface area contributed by atoms with E-state index < -0.39 is 0 Å². The van der Waals surface area contributed by atoms with Crippen molar-refractivity contribution in [2.75, 3.05) is 0 Å². The molecule has 9 rings (SSSR count). The van der Waals surface area contributed by atoms with Crippen LogP contribution in [-0.4, -0.2) is 24.6 Å². The summed E-state index contributed by atoms with van der Waals surface area (Å²) >= 11 is 0. The van der Waals surface area contributed by atoms with E-state index in [2.05, 4.69) is 163 Å². The molecule has 3 aromatic heterocycles. The van der Waals surface area contributed by atoms with Crippen molar-refractivity contribution in [1.82, 2.24) is 19.5 Å². The number of rotatable bonds is 6. The average Bonchev–Trinajstić information content (AvgIpc) is 3.82. The van der Waals surface area contributed by atoms with E-state index in [1.807, 2.05) is 30.3 Å². The Morgan fingerprint density at radius 3 is 2.05 bits per heavy atom. The number of oxazole rings is 1. The van der Waals surface area contributed by atoms with Gasteiger partial charge in [-0.25, -0.2) is 9.97 Å². The van der Waals surface area contributed by atoms with Gasteiger partial charge in [0.15, 0.2) is 5.58 Å². The number of benzene rings is 6. The minimum atomic E-state index is -0.316. The van der Waals surface area contributed by atoms with E-state index in [0.29, 0.717) is 22.9 Å². The fourth-order valence-electron chi connectivity index (χ4n) is 8.10. The molecular weight excluding hydrogens is 920 g/mol. The zero-order chi connectivity index (χ0) is 41.2. The van der Waals surface area contributed by atoms with E-state index in [1.165, 1.54) is 0 Å². The molecule has 302 valence electrons. The summed E-state index contributed by atoms with van der Waals surface area (Å²) in [5.41, 5.74) is 15.0. The summed E-state index contributed by atoms with van der Waals surface area (Å²) in [7, 11) is 0. The first-order chi connectivity index (χ1) is 28.3. The van der Waals surface area contributed by atoms with Crippen LogP contribution in [0.3, 0.4) is 0 Å². The van der Waals surface area contributed by atoms with Crippen molar-refractivity contribution in [1.29, 1.82) is 0 Å². The van der Waals surface area contributed by atoms with Gasteiger partial charge in [0.1, 0.15) is 17.1 Å². The Bertz CT molecular complexity index is 3040. The third-order valence-corrected chi connectivity index (χ3v) is 11.3. The van der Waals surface area contributed by atoms with Crippen molar-refractivity contribution in [2.24, 2.45) is 0 Å². The molecule has 0 saturated heterocycles. The van der Waals surface area contributed by atoms with Crippen LogP contribution >= 0.6 is 0 Å². The number of pyridine rings is 1. The molecule has 0 aliphatic heterocycles. The molecular formula is C53H47N4O2Pt-. The summed E-state index contributed by atoms with van der Waals surface area (Å²) in [6, 6.07) is 47.4. The number of hydrogen-bond donors (Lipinski definition) is 1. The molecule has 0 saturated carbocycles. The predicted molar refractivity (Wildman–Crippen MR) is 241 cm³/mol. The van der Waals surface area contributed by atoms with Gasteiger partial charge >= 0.3 is 0 Å². The quantitative estimate of drug-likeness (QED) is 0.168. The van der Waals surface area contributed by atoms with Gasteiger partial charge in [-0.3, -0.25) is 9.55 Å². The summed E-state index contributed by atoms with van der Waals surface area (Å²) < 4.78 is 8.43. The first kappa shape index (κ1) is 40.7. The van der Waals surface area contributed by atoms with E-state index in [4.69, 9.17) is 19.4 Å². The van der Waals surface area contributed by atoms with Gasteiger partial charge in [-0.2, -0.15) is 0 Å². The Morgan fingerprint density at radius 1 is 0.650 bits per heavy atom. The number of phenols is 1. The predicted octanol–water partition coefficient (Wildman–Crippen LogP) is 13.6. The number of para-hydroxylation sites is 2. The minimum Gasteiger partial charge on any atom is -0.507 e. The number of nitrogens with zero attached hydrogens (tertiary/aromatic N) is 4. The Morgan fingerprint density at radius 2 is 1.32 bits per heavy atom. The van der Waals surface area contributed by atoms with Crippen LogP contribution in [0, 0.1) is 19.9 Å². The topological polar surface area (TPSA) is 77.0 Å². The van der Waals surface area contributed by atoms with Crippen molar-refractivity contribution in [3.63, 3.8) is 0 Å². The zero-order valence-corrected chi connectivity index (χ0v) is 37.4. The number of aromatic nitrogens is 4. The van der Waals surface area contributed by atoms with Gasteiger partial charge in [-0.1, -0.05) is 138 Å². The Balaban J connectivity index is 0.00000499. The molecule has 0 aliphatic rings. The monoisotopic (exact) mass is 966 g/mol. The molecule has 7 heteroatoms. The van der Waals surface area contributed by atoms with Crippen molar-refractivity contribution in [3.8, 4) is 67.8 Å². The largest absolute Gasteiger partial charge is 0.507 e. The summed E-state index contributed by atoms with van der Waals surface area (Å²) in [4.78, 5) is 15.2. The van der Waals surface area contributed by atoms with Gasteiger partial charge in [0.2, 0.25) is 5.89 Å². The minimum absolute atomic E-state index is 0. The standard InChI is InChI=1S/C53H47N4O2.Pt/c1-32-17-14-18-33(2)47(32)51-55-43-30-42(54-31-46(43)59-51)36-22-15-21-35(27-36)39-24-16-26-45-48(39)56-50(40-28-37(52(3,4)5)29-41(49(40)58)53(6,7)8)57(45)44-25-13-12-23-38(44)34-19-10-9-11-20-34;/h9-26,28-31,58H,1-8H3;/q-1;. The Hall–Kier alpha value is -6.10. The van der Waals surface area contributed by atoms with E-state index in [9.17, 15) is 5.11 Å². The third kappa shape index (κ3) is 7.28. The fraction of sp³-hybridized carbons (Fsp3) is 0.189. The Kier molecular flexibility index (Phi) is 10.5. The molecule has 60 heavy (non-hydrogen) atoms. The molecule has 0 amide bonds. The van der Waals surface area contributed by atoms with Crippen LogP contribution in [0.15, 0.2) is 138 Å². The van der Waals surface area contributed by atoms with Gasteiger partial charge in [0.25, 0.3) is 0 Å². The van der Waals surface area contributed by atoms with Gasteiger partial charge in [0.05, 0.1) is 28.5 Å². The Labute approximate surface area is 366 Å². The fourth-order valence-corrected chi connectivity index (χ4v) is 8.10. The molecule has 0 aliphatic carbocycles. The van der Waals surface area contributed by atoms with E-state index in [0.717, 1.165) is 83.6 Å². The van der Waals surface area contributed by atoms with Gasteiger partial charge < -0.3 is 9.52 Å². The third-order valence-electron chi connectivity index (χ3n) is 11.3. The van der Waals surface area contributed by atoms with E-state index in [-0.39, 0.29) is 37.6 Å². The van der Waals surface area contributed by atoms with Crippen LogP contribution in [-0.2, 0) is 31.9 Å². The number of aromatic hydroxyl groups is 1. The molecule has 1 N–H and O–H groups in total. The van der Waals surface area contributed by atoms with Crippen molar-refractivity contribution in [3.05, 3.63) is 162 Å².